The second-order valence-electron chi connectivity index (χ2n) is 5.11. The summed E-state index contributed by atoms with van der Waals surface area (Å²) in [4.78, 5) is 0. The number of hydrogen-bond donors (Lipinski definition) is 1. The Balaban J connectivity index is 2.25. The average Bonchev–Trinajstić information content (AvgIpc) is 2.43. The fourth-order valence-electron chi connectivity index (χ4n) is 2.36. The largest absolute Gasteiger partial charge is 0.319 e. The second-order valence-corrected chi connectivity index (χ2v) is 5.96. The molecule has 0 aliphatic heterocycles. The first kappa shape index (κ1) is 15.2. The van der Waals surface area contributed by atoms with Crippen LogP contribution in [0, 0.1) is 12.7 Å². The van der Waals surface area contributed by atoms with Crippen LogP contribution in [-0.2, 0) is 6.42 Å². The van der Waals surface area contributed by atoms with Gasteiger partial charge in [-0.25, -0.2) is 4.39 Å². The van der Waals surface area contributed by atoms with Gasteiger partial charge in [-0.1, -0.05) is 45.8 Å². The third kappa shape index (κ3) is 3.90. The number of aryl methyl sites for hydroxylation is 1. The van der Waals surface area contributed by atoms with Gasteiger partial charge in [0.05, 0.1) is 0 Å². The Labute approximate surface area is 128 Å². The van der Waals surface area contributed by atoms with Crippen LogP contribution in [0.25, 0.3) is 0 Å². The van der Waals surface area contributed by atoms with E-state index in [9.17, 15) is 4.39 Å². The third-order valence-corrected chi connectivity index (χ3v) is 4.25. The highest BCUT2D eigenvalue weighted by Crippen LogP contribution is 2.26. The van der Waals surface area contributed by atoms with Crippen LogP contribution in [-0.4, -0.2) is 13.6 Å². The minimum Gasteiger partial charge on any atom is -0.319 e. The van der Waals surface area contributed by atoms with E-state index >= 15 is 0 Å². The predicted octanol–water partition coefficient (Wildman–Crippen LogP) is 4.44. The summed E-state index contributed by atoms with van der Waals surface area (Å²) in [6.45, 7) is 2.95. The molecule has 0 aromatic heterocycles. The summed E-state index contributed by atoms with van der Waals surface area (Å²) in [5, 5.41) is 3.23. The molecule has 1 atom stereocenters. The van der Waals surface area contributed by atoms with Crippen LogP contribution in [0.4, 0.5) is 4.39 Å². The van der Waals surface area contributed by atoms with Gasteiger partial charge in [0.1, 0.15) is 5.82 Å². The highest BCUT2D eigenvalue weighted by Gasteiger charge is 2.14. The SMILES string of the molecule is CNCC(Cc1cc(F)ccc1Br)c1ccc(C)cc1. The van der Waals surface area contributed by atoms with E-state index in [4.69, 9.17) is 0 Å². The fraction of sp³-hybridized carbons (Fsp3) is 0.294. The Bertz CT molecular complexity index is 566. The summed E-state index contributed by atoms with van der Waals surface area (Å²) in [5.74, 6) is 0.147. The summed E-state index contributed by atoms with van der Waals surface area (Å²) < 4.78 is 14.4. The van der Waals surface area contributed by atoms with E-state index in [0.29, 0.717) is 5.92 Å². The van der Waals surface area contributed by atoms with E-state index in [1.807, 2.05) is 7.05 Å². The van der Waals surface area contributed by atoms with Crippen LogP contribution in [0.5, 0.6) is 0 Å². The van der Waals surface area contributed by atoms with Crippen LogP contribution in [0.1, 0.15) is 22.6 Å². The molecule has 1 unspecified atom stereocenters. The zero-order chi connectivity index (χ0) is 14.5. The Hall–Kier alpha value is -1.19. The maximum atomic E-state index is 13.4. The van der Waals surface area contributed by atoms with Gasteiger partial charge in [-0.2, -0.15) is 0 Å². The fourth-order valence-corrected chi connectivity index (χ4v) is 2.77. The van der Waals surface area contributed by atoms with Crippen molar-refractivity contribution in [3.8, 4) is 0 Å². The van der Waals surface area contributed by atoms with Crippen LogP contribution in [0.3, 0.4) is 0 Å². The normalized spacial score (nSPS) is 12.4. The Morgan fingerprint density at radius 2 is 1.85 bits per heavy atom. The average molecular weight is 336 g/mol. The van der Waals surface area contributed by atoms with E-state index in [1.165, 1.54) is 17.2 Å². The monoisotopic (exact) mass is 335 g/mol. The van der Waals surface area contributed by atoms with Crippen molar-refractivity contribution in [1.29, 1.82) is 0 Å². The molecule has 106 valence electrons. The summed E-state index contributed by atoms with van der Waals surface area (Å²) in [7, 11) is 1.95. The van der Waals surface area contributed by atoms with Crippen molar-refractivity contribution in [3.63, 3.8) is 0 Å². The number of rotatable bonds is 5. The number of hydrogen-bond acceptors (Lipinski definition) is 1. The van der Waals surface area contributed by atoms with Crippen LogP contribution in [0.15, 0.2) is 46.9 Å². The van der Waals surface area contributed by atoms with Crippen LogP contribution >= 0.6 is 15.9 Å². The van der Waals surface area contributed by atoms with Gasteiger partial charge < -0.3 is 5.32 Å². The second kappa shape index (κ2) is 7.00. The molecule has 0 bridgehead atoms. The van der Waals surface area contributed by atoms with Crippen LogP contribution < -0.4 is 5.32 Å². The Morgan fingerprint density at radius 3 is 2.50 bits per heavy atom. The molecule has 0 aliphatic carbocycles. The van der Waals surface area contributed by atoms with Crippen molar-refractivity contribution in [2.24, 2.45) is 0 Å². The summed E-state index contributed by atoms with van der Waals surface area (Å²) in [6, 6.07) is 13.4. The number of likely N-dealkylation sites (N-methyl/N-ethyl adjacent to an activating group) is 1. The van der Waals surface area contributed by atoms with Gasteiger partial charge in [0, 0.05) is 16.9 Å². The van der Waals surface area contributed by atoms with Crippen molar-refractivity contribution in [1.82, 2.24) is 5.32 Å². The van der Waals surface area contributed by atoms with E-state index in [1.54, 1.807) is 12.1 Å². The molecule has 0 aliphatic rings. The maximum absolute atomic E-state index is 13.4. The highest BCUT2D eigenvalue weighted by atomic mass is 79.9. The molecule has 3 heteroatoms. The van der Waals surface area contributed by atoms with E-state index in [2.05, 4.69) is 52.4 Å². The molecule has 1 N–H and O–H groups in total. The highest BCUT2D eigenvalue weighted by molar-refractivity contribution is 9.10. The Morgan fingerprint density at radius 1 is 1.15 bits per heavy atom. The molecule has 0 amide bonds. The molecule has 2 aromatic rings. The number of halogens is 2. The summed E-state index contributed by atoms with van der Waals surface area (Å²) in [6.07, 6.45) is 0.808. The molecule has 0 radical (unpaired) electrons. The molecule has 1 nitrogen and oxygen atoms in total. The first-order valence-electron chi connectivity index (χ1n) is 6.75. The summed E-state index contributed by atoms with van der Waals surface area (Å²) >= 11 is 3.51. The van der Waals surface area contributed by atoms with Crippen molar-refractivity contribution in [2.45, 2.75) is 19.3 Å². The topological polar surface area (TPSA) is 12.0 Å². The van der Waals surface area contributed by atoms with Crippen molar-refractivity contribution < 1.29 is 4.39 Å². The molecule has 2 rings (SSSR count). The van der Waals surface area contributed by atoms with Crippen molar-refractivity contribution >= 4 is 15.9 Å². The van der Waals surface area contributed by atoms with Gasteiger partial charge >= 0.3 is 0 Å². The quantitative estimate of drug-likeness (QED) is 0.851. The molecular formula is C17H19BrFN. The lowest BCUT2D eigenvalue weighted by atomic mass is 9.91. The Kier molecular flexibility index (Phi) is 5.32. The molecular weight excluding hydrogens is 317 g/mol. The van der Waals surface area contributed by atoms with Gasteiger partial charge in [-0.05, 0) is 49.7 Å². The third-order valence-electron chi connectivity index (χ3n) is 3.47. The molecule has 2 aromatic carbocycles. The van der Waals surface area contributed by atoms with Gasteiger partial charge in [0.25, 0.3) is 0 Å². The number of benzene rings is 2. The van der Waals surface area contributed by atoms with Crippen LogP contribution in [0.2, 0.25) is 0 Å². The van der Waals surface area contributed by atoms with Gasteiger partial charge in [0.15, 0.2) is 0 Å². The van der Waals surface area contributed by atoms with E-state index in [0.717, 1.165) is 23.0 Å². The van der Waals surface area contributed by atoms with Gasteiger partial charge in [-0.15, -0.1) is 0 Å². The first-order valence-corrected chi connectivity index (χ1v) is 7.54. The molecule has 20 heavy (non-hydrogen) atoms. The van der Waals surface area contributed by atoms with Gasteiger partial charge in [0.2, 0.25) is 0 Å². The molecule has 0 fully saturated rings. The smallest absolute Gasteiger partial charge is 0.123 e. The minimum absolute atomic E-state index is 0.185. The van der Waals surface area contributed by atoms with Gasteiger partial charge in [-0.3, -0.25) is 0 Å². The molecule has 0 saturated heterocycles. The summed E-state index contributed by atoms with van der Waals surface area (Å²) in [5.41, 5.74) is 3.54. The molecule has 0 saturated carbocycles. The lowest BCUT2D eigenvalue weighted by Gasteiger charge is -2.18. The lowest BCUT2D eigenvalue weighted by molar-refractivity contribution is 0.607. The standard InChI is InChI=1S/C17H19BrFN/c1-12-3-5-13(6-4-12)15(11-20-2)9-14-10-16(19)7-8-17(14)18/h3-8,10,15,20H,9,11H2,1-2H3. The molecule has 0 spiro atoms. The first-order chi connectivity index (χ1) is 9.60. The minimum atomic E-state index is -0.185. The maximum Gasteiger partial charge on any atom is 0.123 e. The van der Waals surface area contributed by atoms with E-state index in [-0.39, 0.29) is 5.82 Å². The number of nitrogens with one attached hydrogen (secondary N) is 1. The van der Waals surface area contributed by atoms with E-state index < -0.39 is 0 Å². The predicted molar refractivity (Wildman–Crippen MR) is 85.7 cm³/mol. The van der Waals surface area contributed by atoms with Crippen molar-refractivity contribution in [3.05, 3.63) is 69.4 Å². The lowest BCUT2D eigenvalue weighted by Crippen LogP contribution is -2.19. The molecule has 0 heterocycles. The zero-order valence-corrected chi connectivity index (χ0v) is 13.4. The zero-order valence-electron chi connectivity index (χ0n) is 11.8. The van der Waals surface area contributed by atoms with Crippen molar-refractivity contribution in [2.75, 3.05) is 13.6 Å².